The molecule has 3 aromatic rings. The zero-order valence-corrected chi connectivity index (χ0v) is 20.2. The van der Waals surface area contributed by atoms with E-state index in [9.17, 15) is 9.59 Å². The summed E-state index contributed by atoms with van der Waals surface area (Å²) in [6, 6.07) is 9.62. The molecule has 0 radical (unpaired) electrons. The fourth-order valence-corrected chi connectivity index (χ4v) is 4.82. The van der Waals surface area contributed by atoms with Gasteiger partial charge in [0.05, 0.1) is 36.1 Å². The summed E-state index contributed by atoms with van der Waals surface area (Å²) in [4.78, 5) is 26.1. The number of carbonyl (C=O) groups is 2. The van der Waals surface area contributed by atoms with Gasteiger partial charge in [-0.1, -0.05) is 11.6 Å². The maximum Gasteiger partial charge on any atom is 0.342 e. The van der Waals surface area contributed by atoms with Gasteiger partial charge in [-0.2, -0.15) is 5.10 Å². The van der Waals surface area contributed by atoms with E-state index >= 15 is 0 Å². The second kappa shape index (κ2) is 9.94. The van der Waals surface area contributed by atoms with Crippen molar-refractivity contribution in [2.75, 3.05) is 19.5 Å². The molecule has 3 heterocycles. The second-order valence-electron chi connectivity index (χ2n) is 8.52. The molecular formula is C26H24ClN3O6. The van der Waals surface area contributed by atoms with Crippen molar-refractivity contribution in [1.29, 1.82) is 0 Å². The average Bonchev–Trinajstić information content (AvgIpc) is 3.64. The van der Waals surface area contributed by atoms with Crippen molar-refractivity contribution in [2.24, 2.45) is 11.0 Å². The Kier molecular flexibility index (Phi) is 6.56. The highest BCUT2D eigenvalue weighted by molar-refractivity contribution is 6.33. The Morgan fingerprint density at radius 2 is 2.06 bits per heavy atom. The maximum absolute atomic E-state index is 13.3. The first-order valence-corrected chi connectivity index (χ1v) is 11.8. The molecule has 5 rings (SSSR count). The third-order valence-corrected chi connectivity index (χ3v) is 6.64. The molecule has 10 heteroatoms. The van der Waals surface area contributed by atoms with Crippen LogP contribution in [0.1, 0.15) is 47.2 Å². The highest BCUT2D eigenvalue weighted by Crippen LogP contribution is 2.44. The van der Waals surface area contributed by atoms with Crippen LogP contribution in [0.3, 0.4) is 0 Å². The summed E-state index contributed by atoms with van der Waals surface area (Å²) < 4.78 is 21.7. The smallest absolute Gasteiger partial charge is 0.342 e. The molecule has 0 bridgehead atoms. The number of anilines is 1. The molecule has 2 atom stereocenters. The molecule has 1 fully saturated rings. The number of carbonyl (C=O) groups excluding carboxylic acids is 2. The number of benzene rings is 1. The average molecular weight is 510 g/mol. The number of furan rings is 2. The lowest BCUT2D eigenvalue weighted by atomic mass is 9.79. The van der Waals surface area contributed by atoms with E-state index in [1.54, 1.807) is 18.6 Å². The van der Waals surface area contributed by atoms with E-state index in [1.807, 2.05) is 24.3 Å². The summed E-state index contributed by atoms with van der Waals surface area (Å²) in [5.41, 5.74) is 7.93. The highest BCUT2D eigenvalue weighted by Gasteiger charge is 2.45. The molecule has 0 saturated heterocycles. The number of nitrogens with two attached hydrogens (primary N) is 1. The Morgan fingerprint density at radius 3 is 2.78 bits per heavy atom. The summed E-state index contributed by atoms with van der Waals surface area (Å²) in [7, 11) is 1.40. The Labute approximate surface area is 212 Å². The van der Waals surface area contributed by atoms with Crippen LogP contribution in [0.5, 0.6) is 5.75 Å². The van der Waals surface area contributed by atoms with Crippen LogP contribution >= 0.6 is 11.6 Å². The largest absolute Gasteiger partial charge is 0.496 e. The number of nitrogen functional groups attached to an aromatic ring is 1. The van der Waals surface area contributed by atoms with E-state index in [2.05, 4.69) is 0 Å². The summed E-state index contributed by atoms with van der Waals surface area (Å²) in [5.74, 6) is 0.232. The van der Waals surface area contributed by atoms with Gasteiger partial charge in [0.25, 0.3) is 5.91 Å². The van der Waals surface area contributed by atoms with E-state index in [0.29, 0.717) is 5.76 Å². The van der Waals surface area contributed by atoms with E-state index in [-0.39, 0.29) is 27.9 Å². The van der Waals surface area contributed by atoms with Gasteiger partial charge in [0.1, 0.15) is 28.9 Å². The predicted molar refractivity (Wildman–Crippen MR) is 132 cm³/mol. The van der Waals surface area contributed by atoms with Gasteiger partial charge in [-0.3, -0.25) is 4.79 Å². The lowest BCUT2D eigenvalue weighted by Crippen LogP contribution is -2.34. The molecule has 1 aliphatic heterocycles. The summed E-state index contributed by atoms with van der Waals surface area (Å²) in [6.07, 6.45) is 7.72. The van der Waals surface area contributed by atoms with Gasteiger partial charge in [-0.15, -0.1) is 0 Å². The van der Waals surface area contributed by atoms with Crippen molar-refractivity contribution in [3.8, 4) is 5.75 Å². The van der Waals surface area contributed by atoms with Crippen molar-refractivity contribution < 1.29 is 27.9 Å². The van der Waals surface area contributed by atoms with Gasteiger partial charge in [0, 0.05) is 12.0 Å². The molecule has 1 aliphatic carbocycles. The van der Waals surface area contributed by atoms with E-state index in [0.717, 1.165) is 36.3 Å². The lowest BCUT2D eigenvalue weighted by molar-refractivity contribution is -0.137. The molecule has 2 N–H and O–H groups in total. The number of hydrogen-bond donors (Lipinski definition) is 1. The molecule has 36 heavy (non-hydrogen) atoms. The number of amides is 1. The Morgan fingerprint density at radius 1 is 1.25 bits per heavy atom. The normalized spacial score (nSPS) is 20.2. The van der Waals surface area contributed by atoms with Crippen LogP contribution in [0.15, 0.2) is 68.4 Å². The number of nitrogens with zero attached hydrogens (tertiary/aromatic N) is 2. The topological polar surface area (TPSA) is 120 Å². The number of esters is 1. The summed E-state index contributed by atoms with van der Waals surface area (Å²) in [5, 5.41) is 6.24. The first-order chi connectivity index (χ1) is 17.5. The molecule has 0 spiro atoms. The molecule has 1 aromatic carbocycles. The Bertz CT molecular complexity index is 1330. The lowest BCUT2D eigenvalue weighted by Gasteiger charge is -2.27. The zero-order valence-electron chi connectivity index (χ0n) is 19.5. The van der Waals surface area contributed by atoms with E-state index in [1.165, 1.54) is 24.3 Å². The molecule has 186 valence electrons. The number of hydrogen-bond acceptors (Lipinski definition) is 8. The minimum absolute atomic E-state index is 0.0539. The third kappa shape index (κ3) is 4.49. The number of methoxy groups -OCH3 is 1. The predicted octanol–water partition coefficient (Wildman–Crippen LogP) is 5.10. The number of hydrazone groups is 1. The molecule has 1 amide bonds. The fraction of sp³-hybridized carbons (Fsp3) is 0.269. The Hall–Kier alpha value is -3.98. The van der Waals surface area contributed by atoms with Crippen molar-refractivity contribution in [2.45, 2.75) is 25.3 Å². The number of allylic oxidation sites excluding steroid dienone is 1. The third-order valence-electron chi connectivity index (χ3n) is 6.32. The standard InChI is InChI=1S/C26H24ClN3O6/c1-33-22-13-20(28)19(27)12-18(22)26(32)36-14-23(31)30-25(21-8-4-10-35-21)17-7-2-5-15(24(17)29-30)11-16-6-3-9-34-16/h3-4,6,8-13,17,25H,2,5,7,14,28H2,1H3. The van der Waals surface area contributed by atoms with Gasteiger partial charge in [0.15, 0.2) is 6.61 Å². The van der Waals surface area contributed by atoms with Crippen LogP contribution in [0.25, 0.3) is 6.08 Å². The molecule has 2 aromatic heterocycles. The number of halogens is 1. The summed E-state index contributed by atoms with van der Waals surface area (Å²) in [6.45, 7) is -0.526. The van der Waals surface area contributed by atoms with Gasteiger partial charge >= 0.3 is 5.97 Å². The SMILES string of the molecule is COc1cc(N)c(Cl)cc1C(=O)OCC(=O)N1N=C2C(=Cc3ccco3)CCCC2C1c1ccco1. The molecule has 2 unspecified atom stereocenters. The van der Waals surface area contributed by atoms with Crippen LogP contribution in [0, 0.1) is 5.92 Å². The second-order valence-corrected chi connectivity index (χ2v) is 8.92. The van der Waals surface area contributed by atoms with E-state index in [4.69, 9.17) is 40.7 Å². The zero-order chi connectivity index (χ0) is 25.2. The first kappa shape index (κ1) is 23.7. The van der Waals surface area contributed by atoms with Gasteiger partial charge in [0.2, 0.25) is 0 Å². The van der Waals surface area contributed by atoms with Crippen LogP contribution in [-0.2, 0) is 9.53 Å². The van der Waals surface area contributed by atoms with Crippen LogP contribution in [-0.4, -0.2) is 36.3 Å². The van der Waals surface area contributed by atoms with Gasteiger partial charge in [-0.25, -0.2) is 9.80 Å². The molecule has 2 aliphatic rings. The molecule has 9 nitrogen and oxygen atoms in total. The highest BCUT2D eigenvalue weighted by atomic mass is 35.5. The number of fused-ring (bicyclic) bond motifs is 1. The first-order valence-electron chi connectivity index (χ1n) is 11.4. The van der Waals surface area contributed by atoms with Crippen LogP contribution < -0.4 is 10.5 Å². The fourth-order valence-electron chi connectivity index (χ4n) is 4.66. The van der Waals surface area contributed by atoms with Crippen molar-refractivity contribution >= 4 is 41.0 Å². The Balaban J connectivity index is 1.39. The molecular weight excluding hydrogens is 486 g/mol. The van der Waals surface area contributed by atoms with Crippen molar-refractivity contribution in [1.82, 2.24) is 5.01 Å². The minimum atomic E-state index is -0.765. The van der Waals surface area contributed by atoms with Crippen LogP contribution in [0.2, 0.25) is 5.02 Å². The van der Waals surface area contributed by atoms with Crippen molar-refractivity contribution in [3.63, 3.8) is 0 Å². The monoisotopic (exact) mass is 509 g/mol. The van der Waals surface area contributed by atoms with Crippen LogP contribution in [0.4, 0.5) is 5.69 Å². The molecule has 1 saturated carbocycles. The number of ether oxygens (including phenoxy) is 2. The van der Waals surface area contributed by atoms with E-state index < -0.39 is 24.5 Å². The van der Waals surface area contributed by atoms with Gasteiger partial charge < -0.3 is 24.0 Å². The van der Waals surface area contributed by atoms with Crippen molar-refractivity contribution in [3.05, 3.63) is 76.6 Å². The quantitative estimate of drug-likeness (QED) is 0.362. The summed E-state index contributed by atoms with van der Waals surface area (Å²) >= 11 is 6.06. The number of rotatable bonds is 6. The van der Waals surface area contributed by atoms with Gasteiger partial charge in [-0.05, 0) is 61.2 Å². The minimum Gasteiger partial charge on any atom is -0.496 e. The maximum atomic E-state index is 13.3.